The first kappa shape index (κ1) is 16.9. The summed E-state index contributed by atoms with van der Waals surface area (Å²) in [5, 5.41) is 11.9. The monoisotopic (exact) mass is 353 g/mol. The van der Waals surface area contributed by atoms with Crippen molar-refractivity contribution in [3.05, 3.63) is 65.7 Å². The first-order chi connectivity index (χ1) is 12.0. The Balaban J connectivity index is 1.67. The van der Waals surface area contributed by atoms with Crippen LogP contribution in [0.3, 0.4) is 0 Å². The van der Waals surface area contributed by atoms with Crippen molar-refractivity contribution in [3.63, 3.8) is 0 Å². The quantitative estimate of drug-likeness (QED) is 0.719. The molecule has 0 spiro atoms. The number of amidine groups is 1. The summed E-state index contributed by atoms with van der Waals surface area (Å²) in [6, 6.07) is 15.6. The average molecular weight is 353 g/mol. The molecule has 25 heavy (non-hydrogen) atoms. The molecule has 0 saturated carbocycles. The molecule has 1 aliphatic rings. The molecule has 3 rings (SSSR count). The largest absolute Gasteiger partial charge is 0.326 e. The molecule has 1 unspecified atom stereocenters. The van der Waals surface area contributed by atoms with Gasteiger partial charge in [-0.3, -0.25) is 19.8 Å². The summed E-state index contributed by atoms with van der Waals surface area (Å²) in [4.78, 5) is 36.1. The zero-order chi connectivity index (χ0) is 17.8. The van der Waals surface area contributed by atoms with Crippen LogP contribution >= 0.6 is 11.8 Å². The van der Waals surface area contributed by atoms with Crippen LogP contribution in [0.2, 0.25) is 0 Å². The topological polar surface area (TPSA) is 99.1 Å². The van der Waals surface area contributed by atoms with Gasteiger partial charge in [-0.05, 0) is 12.1 Å². The maximum absolute atomic E-state index is 12.4. The number of benzene rings is 2. The zero-order valence-electron chi connectivity index (χ0n) is 13.1. The van der Waals surface area contributed by atoms with E-state index in [9.17, 15) is 14.4 Å². The Hall–Kier alpha value is -2.93. The van der Waals surface area contributed by atoms with Gasteiger partial charge in [-0.25, -0.2) is 0 Å². The number of hydrogen-bond donors (Lipinski definition) is 3. The third-order valence-electron chi connectivity index (χ3n) is 3.60. The molecule has 126 valence electrons. The van der Waals surface area contributed by atoms with Crippen molar-refractivity contribution in [2.75, 3.05) is 5.32 Å². The highest BCUT2D eigenvalue weighted by Crippen LogP contribution is 2.22. The van der Waals surface area contributed by atoms with Crippen molar-refractivity contribution in [1.29, 1.82) is 5.41 Å². The van der Waals surface area contributed by atoms with E-state index < -0.39 is 5.25 Å². The van der Waals surface area contributed by atoms with Crippen LogP contribution in [0, 0.1) is 5.41 Å². The van der Waals surface area contributed by atoms with Crippen molar-refractivity contribution < 1.29 is 14.4 Å². The second kappa shape index (κ2) is 7.31. The van der Waals surface area contributed by atoms with E-state index in [4.69, 9.17) is 5.41 Å². The molecular weight excluding hydrogens is 338 g/mol. The second-order valence-electron chi connectivity index (χ2n) is 5.45. The zero-order valence-corrected chi connectivity index (χ0v) is 13.9. The summed E-state index contributed by atoms with van der Waals surface area (Å²) in [5.41, 5.74) is 1.53. The summed E-state index contributed by atoms with van der Waals surface area (Å²) in [5.74, 6) is -0.805. The number of hydrogen-bond acceptors (Lipinski definition) is 5. The number of carbonyl (C=O) groups excluding carboxylic acids is 3. The highest BCUT2D eigenvalue weighted by atomic mass is 32.2. The van der Waals surface area contributed by atoms with Gasteiger partial charge in [0, 0.05) is 23.2 Å². The fourth-order valence-electron chi connectivity index (χ4n) is 2.43. The number of anilines is 1. The molecule has 1 atom stereocenters. The van der Waals surface area contributed by atoms with Gasteiger partial charge in [-0.2, -0.15) is 0 Å². The van der Waals surface area contributed by atoms with E-state index in [1.807, 2.05) is 6.07 Å². The molecule has 0 aromatic heterocycles. The van der Waals surface area contributed by atoms with Crippen LogP contribution in [0.15, 0.2) is 54.6 Å². The minimum atomic E-state index is -0.596. The lowest BCUT2D eigenvalue weighted by Crippen LogP contribution is -2.27. The van der Waals surface area contributed by atoms with Crippen molar-refractivity contribution in [2.24, 2.45) is 0 Å². The first-order valence-corrected chi connectivity index (χ1v) is 8.46. The van der Waals surface area contributed by atoms with Crippen LogP contribution < -0.4 is 10.6 Å². The molecule has 1 saturated heterocycles. The molecule has 2 aromatic carbocycles. The van der Waals surface area contributed by atoms with Crippen LogP contribution in [0.4, 0.5) is 5.69 Å². The maximum atomic E-state index is 12.4. The van der Waals surface area contributed by atoms with E-state index in [0.717, 1.165) is 11.8 Å². The van der Waals surface area contributed by atoms with Crippen molar-refractivity contribution >= 4 is 40.2 Å². The molecule has 1 heterocycles. The normalized spacial score (nSPS) is 16.4. The van der Waals surface area contributed by atoms with Gasteiger partial charge >= 0.3 is 0 Å². The van der Waals surface area contributed by atoms with Gasteiger partial charge in [0.15, 0.2) is 11.0 Å². The van der Waals surface area contributed by atoms with E-state index in [1.165, 1.54) is 0 Å². The van der Waals surface area contributed by atoms with Crippen LogP contribution in [0.1, 0.15) is 22.3 Å². The van der Waals surface area contributed by atoms with Gasteiger partial charge in [0.25, 0.3) is 0 Å². The third-order valence-corrected chi connectivity index (χ3v) is 4.61. The Morgan fingerprint density at radius 2 is 1.80 bits per heavy atom. The minimum absolute atomic E-state index is 0.0320. The Bertz CT molecular complexity index is 852. The molecule has 0 aliphatic carbocycles. The lowest BCUT2D eigenvalue weighted by Gasteiger charge is -2.09. The summed E-state index contributed by atoms with van der Waals surface area (Å²) < 4.78 is 0. The summed E-state index contributed by atoms with van der Waals surface area (Å²) in [7, 11) is 0. The Morgan fingerprint density at radius 1 is 1.08 bits per heavy atom. The van der Waals surface area contributed by atoms with Gasteiger partial charge in [0.2, 0.25) is 11.8 Å². The number of nitrogens with one attached hydrogen (secondary N) is 3. The SMILES string of the molecule is N=C1NC(=O)C(CC(=O)Nc2cccc(C(=O)c3ccccc3)c2)S1. The summed E-state index contributed by atoms with van der Waals surface area (Å²) in [6.45, 7) is 0. The van der Waals surface area contributed by atoms with Crippen LogP contribution in [0.5, 0.6) is 0 Å². The molecule has 1 fully saturated rings. The second-order valence-corrected chi connectivity index (χ2v) is 6.67. The standard InChI is InChI=1S/C18H15N3O3S/c19-18-21-17(24)14(25-18)10-15(22)20-13-8-4-7-12(9-13)16(23)11-5-2-1-3-6-11/h1-9,14H,10H2,(H,20,22)(H2,19,21,24). The summed E-state index contributed by atoms with van der Waals surface area (Å²) >= 11 is 1.03. The third kappa shape index (κ3) is 4.13. The summed E-state index contributed by atoms with van der Waals surface area (Å²) in [6.07, 6.45) is -0.0320. The molecule has 2 aromatic rings. The van der Waals surface area contributed by atoms with E-state index >= 15 is 0 Å². The Kier molecular flexibility index (Phi) is 4.95. The number of carbonyl (C=O) groups is 3. The Morgan fingerprint density at radius 3 is 2.48 bits per heavy atom. The maximum Gasteiger partial charge on any atom is 0.240 e. The van der Waals surface area contributed by atoms with Crippen molar-refractivity contribution in [3.8, 4) is 0 Å². The smallest absolute Gasteiger partial charge is 0.240 e. The average Bonchev–Trinajstić information content (AvgIpc) is 2.92. The molecule has 0 bridgehead atoms. The predicted octanol–water partition coefficient (Wildman–Crippen LogP) is 2.41. The van der Waals surface area contributed by atoms with E-state index in [-0.39, 0.29) is 29.2 Å². The van der Waals surface area contributed by atoms with Gasteiger partial charge in [0.1, 0.15) is 5.25 Å². The van der Waals surface area contributed by atoms with Crippen molar-refractivity contribution in [2.45, 2.75) is 11.7 Å². The van der Waals surface area contributed by atoms with E-state index in [0.29, 0.717) is 16.8 Å². The molecule has 0 radical (unpaired) electrons. The number of thioether (sulfide) groups is 1. The van der Waals surface area contributed by atoms with E-state index in [2.05, 4.69) is 10.6 Å². The van der Waals surface area contributed by atoms with Crippen LogP contribution in [-0.2, 0) is 9.59 Å². The highest BCUT2D eigenvalue weighted by Gasteiger charge is 2.31. The van der Waals surface area contributed by atoms with Gasteiger partial charge in [-0.1, -0.05) is 54.2 Å². The molecule has 1 aliphatic heterocycles. The molecule has 2 amide bonds. The molecule has 7 heteroatoms. The lowest BCUT2D eigenvalue weighted by atomic mass is 10.0. The predicted molar refractivity (Wildman–Crippen MR) is 96.8 cm³/mol. The Labute approximate surface area is 148 Å². The van der Waals surface area contributed by atoms with Gasteiger partial charge < -0.3 is 10.6 Å². The fraction of sp³-hybridized carbons (Fsp3) is 0.111. The first-order valence-electron chi connectivity index (χ1n) is 7.58. The van der Waals surface area contributed by atoms with Crippen LogP contribution in [-0.4, -0.2) is 28.0 Å². The fourth-order valence-corrected chi connectivity index (χ4v) is 3.27. The lowest BCUT2D eigenvalue weighted by molar-refractivity contribution is -0.122. The highest BCUT2D eigenvalue weighted by molar-refractivity contribution is 8.15. The number of rotatable bonds is 5. The molecule has 3 N–H and O–H groups in total. The van der Waals surface area contributed by atoms with E-state index in [1.54, 1.807) is 48.5 Å². The molecule has 6 nitrogen and oxygen atoms in total. The van der Waals surface area contributed by atoms with Gasteiger partial charge in [-0.15, -0.1) is 0 Å². The minimum Gasteiger partial charge on any atom is -0.326 e. The number of amides is 2. The van der Waals surface area contributed by atoms with Crippen molar-refractivity contribution in [1.82, 2.24) is 5.32 Å². The van der Waals surface area contributed by atoms with Crippen LogP contribution in [0.25, 0.3) is 0 Å². The van der Waals surface area contributed by atoms with Gasteiger partial charge in [0.05, 0.1) is 0 Å². The molecular formula is C18H15N3O3S. The number of ketones is 1.